The van der Waals surface area contributed by atoms with Crippen LogP contribution in [0.3, 0.4) is 0 Å². The lowest BCUT2D eigenvalue weighted by Crippen LogP contribution is -2.34. The highest BCUT2D eigenvalue weighted by Gasteiger charge is 2.15. The molecule has 0 aliphatic carbocycles. The monoisotopic (exact) mass is 299 g/mol. The van der Waals surface area contributed by atoms with E-state index in [0.29, 0.717) is 18.0 Å². The first kappa shape index (κ1) is 16.0. The molecule has 2 rings (SSSR count). The normalized spacial score (nSPS) is 12.0. The summed E-state index contributed by atoms with van der Waals surface area (Å²) in [4.78, 5) is 18.3. The Morgan fingerprint density at radius 2 is 1.95 bits per heavy atom. The fourth-order valence-corrected chi connectivity index (χ4v) is 2.20. The Bertz CT molecular complexity index is 597. The summed E-state index contributed by atoms with van der Waals surface area (Å²) in [6, 6.07) is 13.6. The van der Waals surface area contributed by atoms with Gasteiger partial charge in [-0.1, -0.05) is 30.3 Å². The summed E-state index contributed by atoms with van der Waals surface area (Å²) in [5.41, 5.74) is 1.69. The number of aromatic nitrogens is 1. The number of rotatable bonds is 6. The SMILES string of the molecule is COc1ccc(C(=O)NCC(c2ccccc2)N(C)C)cn1. The van der Waals surface area contributed by atoms with Gasteiger partial charge in [-0.05, 0) is 25.7 Å². The van der Waals surface area contributed by atoms with Crippen molar-refractivity contribution in [1.29, 1.82) is 0 Å². The van der Waals surface area contributed by atoms with Crippen LogP contribution in [0.4, 0.5) is 0 Å². The molecule has 0 aliphatic rings. The van der Waals surface area contributed by atoms with Crippen molar-refractivity contribution in [2.45, 2.75) is 6.04 Å². The Hall–Kier alpha value is -2.40. The summed E-state index contributed by atoms with van der Waals surface area (Å²) >= 11 is 0. The predicted molar refractivity (Wildman–Crippen MR) is 86.0 cm³/mol. The number of carbonyl (C=O) groups is 1. The van der Waals surface area contributed by atoms with Gasteiger partial charge in [0.25, 0.3) is 5.91 Å². The summed E-state index contributed by atoms with van der Waals surface area (Å²) in [7, 11) is 5.54. The Balaban J connectivity index is 2.01. The first-order chi connectivity index (χ1) is 10.6. The third-order valence-electron chi connectivity index (χ3n) is 3.47. The molecule has 0 saturated heterocycles. The van der Waals surface area contributed by atoms with Crippen molar-refractivity contribution in [2.24, 2.45) is 0 Å². The standard InChI is InChI=1S/C17H21N3O2/c1-20(2)15(13-7-5-4-6-8-13)12-19-17(21)14-9-10-16(22-3)18-11-14/h4-11,15H,12H2,1-3H3,(H,19,21). The van der Waals surface area contributed by atoms with Crippen molar-refractivity contribution in [3.05, 3.63) is 59.8 Å². The number of carbonyl (C=O) groups excluding carboxylic acids is 1. The number of hydrogen-bond donors (Lipinski definition) is 1. The number of benzene rings is 1. The zero-order valence-electron chi connectivity index (χ0n) is 13.1. The molecule has 0 fully saturated rings. The third kappa shape index (κ3) is 4.05. The Morgan fingerprint density at radius 1 is 1.23 bits per heavy atom. The molecule has 1 heterocycles. The van der Waals surface area contributed by atoms with Crippen molar-refractivity contribution in [3.63, 3.8) is 0 Å². The van der Waals surface area contributed by atoms with Crippen molar-refractivity contribution < 1.29 is 9.53 Å². The largest absolute Gasteiger partial charge is 0.481 e. The number of ether oxygens (including phenoxy) is 1. The number of nitrogens with zero attached hydrogens (tertiary/aromatic N) is 2. The first-order valence-corrected chi connectivity index (χ1v) is 7.11. The van der Waals surface area contributed by atoms with Gasteiger partial charge in [0.15, 0.2) is 0 Å². The maximum absolute atomic E-state index is 12.2. The van der Waals surface area contributed by atoms with E-state index in [1.54, 1.807) is 19.2 Å². The average molecular weight is 299 g/mol. The van der Waals surface area contributed by atoms with Crippen LogP contribution in [-0.4, -0.2) is 43.5 Å². The molecule has 2 aromatic rings. The van der Waals surface area contributed by atoms with E-state index in [1.165, 1.54) is 11.8 Å². The minimum absolute atomic E-state index is 0.122. The number of nitrogens with one attached hydrogen (secondary N) is 1. The molecule has 1 atom stereocenters. The lowest BCUT2D eigenvalue weighted by atomic mass is 10.1. The molecule has 5 heteroatoms. The average Bonchev–Trinajstić information content (AvgIpc) is 2.55. The summed E-state index contributed by atoms with van der Waals surface area (Å²) in [6.07, 6.45) is 1.52. The van der Waals surface area contributed by atoms with Crippen molar-refractivity contribution in [3.8, 4) is 5.88 Å². The van der Waals surface area contributed by atoms with Crippen molar-refractivity contribution in [2.75, 3.05) is 27.7 Å². The Kier molecular flexibility index (Phi) is 5.49. The molecule has 0 saturated carbocycles. The van der Waals surface area contributed by atoms with Crippen LogP contribution in [0.5, 0.6) is 5.88 Å². The van der Waals surface area contributed by atoms with Crippen LogP contribution >= 0.6 is 0 Å². The molecule has 1 aromatic heterocycles. The maximum atomic E-state index is 12.2. The van der Waals surface area contributed by atoms with Gasteiger partial charge in [0.1, 0.15) is 0 Å². The highest BCUT2D eigenvalue weighted by molar-refractivity contribution is 5.93. The van der Waals surface area contributed by atoms with E-state index >= 15 is 0 Å². The molecule has 5 nitrogen and oxygen atoms in total. The molecule has 0 bridgehead atoms. The van der Waals surface area contributed by atoms with Crippen molar-refractivity contribution in [1.82, 2.24) is 15.2 Å². The Labute approximate surface area is 130 Å². The molecule has 22 heavy (non-hydrogen) atoms. The van der Waals surface area contributed by atoms with Gasteiger partial charge in [0, 0.05) is 18.8 Å². The number of likely N-dealkylation sites (N-methyl/N-ethyl adjacent to an activating group) is 1. The van der Waals surface area contributed by atoms with Crippen molar-refractivity contribution >= 4 is 5.91 Å². The summed E-state index contributed by atoms with van der Waals surface area (Å²) in [5.74, 6) is 0.352. The molecule has 0 radical (unpaired) electrons. The molecular formula is C17H21N3O2. The topological polar surface area (TPSA) is 54.5 Å². The minimum Gasteiger partial charge on any atom is -0.481 e. The van der Waals surface area contributed by atoms with E-state index in [9.17, 15) is 4.79 Å². The van der Waals surface area contributed by atoms with Crippen LogP contribution in [0.15, 0.2) is 48.7 Å². The van der Waals surface area contributed by atoms with E-state index in [-0.39, 0.29) is 11.9 Å². The first-order valence-electron chi connectivity index (χ1n) is 7.11. The molecule has 1 aromatic carbocycles. The van der Waals surface area contributed by atoms with Crippen LogP contribution in [-0.2, 0) is 0 Å². The van der Waals surface area contributed by atoms with Gasteiger partial charge in [-0.15, -0.1) is 0 Å². The van der Waals surface area contributed by atoms with Gasteiger partial charge in [0.05, 0.1) is 18.7 Å². The molecule has 1 unspecified atom stereocenters. The van der Waals surface area contributed by atoms with Crippen LogP contribution in [0.25, 0.3) is 0 Å². The summed E-state index contributed by atoms with van der Waals surface area (Å²) in [6.45, 7) is 0.530. The number of methoxy groups -OCH3 is 1. The minimum atomic E-state index is -0.141. The van der Waals surface area contributed by atoms with Crippen LogP contribution in [0.2, 0.25) is 0 Å². The lowest BCUT2D eigenvalue weighted by Gasteiger charge is -2.25. The summed E-state index contributed by atoms with van der Waals surface area (Å²) < 4.78 is 4.99. The van der Waals surface area contributed by atoms with Crippen LogP contribution in [0.1, 0.15) is 22.0 Å². The van der Waals surface area contributed by atoms with Crippen LogP contribution < -0.4 is 10.1 Å². The smallest absolute Gasteiger partial charge is 0.252 e. The molecule has 1 N–H and O–H groups in total. The molecule has 1 amide bonds. The second-order valence-corrected chi connectivity index (χ2v) is 5.19. The second-order valence-electron chi connectivity index (χ2n) is 5.19. The fourth-order valence-electron chi connectivity index (χ4n) is 2.20. The number of pyridine rings is 1. The van der Waals surface area contributed by atoms with Gasteiger partial charge in [-0.2, -0.15) is 0 Å². The van der Waals surface area contributed by atoms with Gasteiger partial charge in [-0.3, -0.25) is 4.79 Å². The zero-order chi connectivity index (χ0) is 15.9. The maximum Gasteiger partial charge on any atom is 0.252 e. The van der Waals surface area contributed by atoms with E-state index in [1.807, 2.05) is 32.3 Å². The molecule has 0 aliphatic heterocycles. The molecule has 0 spiro atoms. The van der Waals surface area contributed by atoms with Gasteiger partial charge >= 0.3 is 0 Å². The Morgan fingerprint density at radius 3 is 2.50 bits per heavy atom. The van der Waals surface area contributed by atoms with E-state index < -0.39 is 0 Å². The van der Waals surface area contributed by atoms with Gasteiger partial charge in [-0.25, -0.2) is 4.98 Å². The highest BCUT2D eigenvalue weighted by atomic mass is 16.5. The number of amides is 1. The fraction of sp³-hybridized carbons (Fsp3) is 0.294. The quantitative estimate of drug-likeness (QED) is 0.888. The third-order valence-corrected chi connectivity index (χ3v) is 3.47. The lowest BCUT2D eigenvalue weighted by molar-refractivity contribution is 0.0941. The zero-order valence-corrected chi connectivity index (χ0v) is 13.1. The van der Waals surface area contributed by atoms with Gasteiger partial charge < -0.3 is 15.0 Å². The van der Waals surface area contributed by atoms with E-state index in [2.05, 4.69) is 27.3 Å². The van der Waals surface area contributed by atoms with Crippen LogP contribution in [0, 0.1) is 0 Å². The van der Waals surface area contributed by atoms with Gasteiger partial charge in [0.2, 0.25) is 5.88 Å². The predicted octanol–water partition coefficient (Wildman–Crippen LogP) is 2.12. The summed E-state index contributed by atoms with van der Waals surface area (Å²) in [5, 5.41) is 2.95. The highest BCUT2D eigenvalue weighted by Crippen LogP contribution is 2.17. The van der Waals surface area contributed by atoms with E-state index in [4.69, 9.17) is 4.74 Å². The second kappa shape index (κ2) is 7.56. The molecule has 116 valence electrons. The molecular weight excluding hydrogens is 278 g/mol. The number of hydrogen-bond acceptors (Lipinski definition) is 4. The van der Waals surface area contributed by atoms with E-state index in [0.717, 1.165) is 0 Å².